The molecule has 48 heavy (non-hydrogen) atoms. The highest BCUT2D eigenvalue weighted by molar-refractivity contribution is 5.85. The number of ether oxygens (including phenoxy) is 2. The summed E-state index contributed by atoms with van der Waals surface area (Å²) in [4.78, 5) is 27.6. The Morgan fingerprint density at radius 2 is 0.812 bits per heavy atom. The first-order chi connectivity index (χ1) is 23.2. The zero-order valence-corrected chi connectivity index (χ0v) is 31.3. The van der Waals surface area contributed by atoms with Gasteiger partial charge in [0.1, 0.15) is 0 Å². The van der Waals surface area contributed by atoms with Gasteiger partial charge in [-0.25, -0.2) is 0 Å². The van der Waals surface area contributed by atoms with Gasteiger partial charge >= 0.3 is 11.9 Å². The molecule has 3 rings (SSSR count). The van der Waals surface area contributed by atoms with Crippen LogP contribution in [0.15, 0.2) is 60.7 Å². The predicted octanol–water partition coefficient (Wildman–Crippen LogP) is 8.76. The summed E-state index contributed by atoms with van der Waals surface area (Å²) in [5, 5.41) is 0. The van der Waals surface area contributed by atoms with Crippen molar-refractivity contribution >= 4 is 11.9 Å². The quantitative estimate of drug-likeness (QED) is 0.0640. The fourth-order valence-corrected chi connectivity index (χ4v) is 7.38. The van der Waals surface area contributed by atoms with E-state index in [0.717, 1.165) is 58.6 Å². The van der Waals surface area contributed by atoms with E-state index in [1.54, 1.807) is 0 Å². The largest absolute Gasteiger partial charge is 0.465 e. The second-order valence-electron chi connectivity index (χ2n) is 14.7. The molecule has 268 valence electrons. The number of carbonyl (C=O) groups is 2. The van der Waals surface area contributed by atoms with Gasteiger partial charge in [0.2, 0.25) is 0 Å². The lowest BCUT2D eigenvalue weighted by Gasteiger charge is -2.49. The highest BCUT2D eigenvalue weighted by Crippen LogP contribution is 2.58. The average molecular weight is 665 g/mol. The standard InChI is InChI=1S/C42H68N2O4/c1-7-43(5,8-2)31-23-13-11-15-25-33-47-41(45)39-37(35-27-19-17-20-28-35)40(38(39)36-29-21-18-22-30-36)42(46)48-34-26-16-12-14-24-32-44(6,9-3)10-4/h17-22,27-30,37-40H,7-16,23-26,31-34H2,1-6H3/q+2. The smallest absolute Gasteiger partial charge is 0.310 e. The minimum absolute atomic E-state index is 0.193. The number of nitrogens with zero attached hydrogens (tertiary/aromatic N) is 2. The minimum atomic E-state index is -0.416. The van der Waals surface area contributed by atoms with Crippen LogP contribution in [0.5, 0.6) is 0 Å². The van der Waals surface area contributed by atoms with E-state index in [4.69, 9.17) is 9.47 Å². The van der Waals surface area contributed by atoms with Gasteiger partial charge in [0.25, 0.3) is 0 Å². The van der Waals surface area contributed by atoms with Gasteiger partial charge in [-0.3, -0.25) is 9.59 Å². The highest BCUT2D eigenvalue weighted by Gasteiger charge is 2.59. The lowest BCUT2D eigenvalue weighted by Crippen LogP contribution is -2.52. The maximum Gasteiger partial charge on any atom is 0.310 e. The fourth-order valence-electron chi connectivity index (χ4n) is 7.38. The molecular weight excluding hydrogens is 596 g/mol. The average Bonchev–Trinajstić information content (AvgIpc) is 3.10. The zero-order chi connectivity index (χ0) is 34.8. The van der Waals surface area contributed by atoms with Crippen LogP contribution in [0.1, 0.15) is 115 Å². The molecule has 0 bridgehead atoms. The van der Waals surface area contributed by atoms with Gasteiger partial charge in [0, 0.05) is 11.8 Å². The number of unbranched alkanes of at least 4 members (excludes halogenated alkanes) is 8. The van der Waals surface area contributed by atoms with Crippen molar-refractivity contribution in [1.29, 1.82) is 0 Å². The monoisotopic (exact) mass is 665 g/mol. The molecule has 0 N–H and O–H groups in total. The lowest BCUT2D eigenvalue weighted by molar-refractivity contribution is -0.906. The van der Waals surface area contributed by atoms with E-state index in [2.05, 4.69) is 41.8 Å². The molecular formula is C42H68N2O4+2. The van der Waals surface area contributed by atoms with E-state index < -0.39 is 11.8 Å². The molecule has 1 saturated carbocycles. The third-order valence-electron chi connectivity index (χ3n) is 11.7. The second-order valence-corrected chi connectivity index (χ2v) is 14.7. The third-order valence-corrected chi connectivity index (χ3v) is 11.7. The Morgan fingerprint density at radius 1 is 0.500 bits per heavy atom. The molecule has 0 aliphatic heterocycles. The van der Waals surface area contributed by atoms with Crippen LogP contribution >= 0.6 is 0 Å². The Balaban J connectivity index is 1.55. The lowest BCUT2D eigenvalue weighted by atomic mass is 9.52. The molecule has 0 heterocycles. The highest BCUT2D eigenvalue weighted by atomic mass is 16.5. The van der Waals surface area contributed by atoms with Crippen LogP contribution in [0, 0.1) is 11.8 Å². The van der Waals surface area contributed by atoms with Gasteiger partial charge < -0.3 is 18.4 Å². The Labute approximate surface area is 293 Å². The number of hydrogen-bond acceptors (Lipinski definition) is 4. The summed E-state index contributed by atoms with van der Waals surface area (Å²) < 4.78 is 14.2. The maximum atomic E-state index is 13.8. The van der Waals surface area contributed by atoms with Crippen molar-refractivity contribution in [3.63, 3.8) is 0 Å². The van der Waals surface area contributed by atoms with E-state index in [1.165, 1.54) is 65.0 Å². The van der Waals surface area contributed by atoms with E-state index >= 15 is 0 Å². The molecule has 2 aromatic rings. The van der Waals surface area contributed by atoms with Gasteiger partial charge in [0.05, 0.1) is 78.4 Å². The zero-order valence-electron chi connectivity index (χ0n) is 31.3. The van der Waals surface area contributed by atoms with E-state index in [-0.39, 0.29) is 23.8 Å². The topological polar surface area (TPSA) is 52.6 Å². The van der Waals surface area contributed by atoms with Gasteiger partial charge in [-0.2, -0.15) is 0 Å². The van der Waals surface area contributed by atoms with Crippen LogP contribution in [-0.2, 0) is 19.1 Å². The van der Waals surface area contributed by atoms with Crippen LogP contribution in [0.4, 0.5) is 0 Å². The van der Waals surface area contributed by atoms with Crippen LogP contribution in [0.3, 0.4) is 0 Å². The molecule has 0 radical (unpaired) electrons. The minimum Gasteiger partial charge on any atom is -0.465 e. The molecule has 6 nitrogen and oxygen atoms in total. The van der Waals surface area contributed by atoms with Gasteiger partial charge in [0.15, 0.2) is 0 Å². The van der Waals surface area contributed by atoms with Crippen LogP contribution in [-0.4, -0.2) is 87.5 Å². The number of rotatable bonds is 24. The van der Waals surface area contributed by atoms with E-state index in [1.807, 2.05) is 60.7 Å². The SMILES string of the molecule is CC[N+](C)(CC)CCCCCCCOC(=O)C1C(c2ccccc2)C(C(=O)OCCCCCCC[N+](C)(CC)CC)C1c1ccccc1. The first-order valence-corrected chi connectivity index (χ1v) is 19.3. The molecule has 1 fully saturated rings. The Morgan fingerprint density at radius 3 is 1.15 bits per heavy atom. The van der Waals surface area contributed by atoms with Crippen molar-refractivity contribution in [3.05, 3.63) is 71.8 Å². The number of quaternary nitrogens is 2. The molecule has 0 spiro atoms. The molecule has 0 aromatic heterocycles. The van der Waals surface area contributed by atoms with E-state index in [9.17, 15) is 9.59 Å². The van der Waals surface area contributed by atoms with Crippen molar-refractivity contribution in [1.82, 2.24) is 0 Å². The summed E-state index contributed by atoms with van der Waals surface area (Å²) in [6.07, 6.45) is 11.1. The molecule has 0 amide bonds. The summed E-state index contributed by atoms with van der Waals surface area (Å²) in [7, 11) is 4.68. The predicted molar refractivity (Wildman–Crippen MR) is 198 cm³/mol. The third kappa shape index (κ3) is 11.7. The Hall–Kier alpha value is -2.70. The molecule has 1 aliphatic carbocycles. The van der Waals surface area contributed by atoms with Crippen molar-refractivity contribution in [2.45, 2.75) is 104 Å². The van der Waals surface area contributed by atoms with Crippen molar-refractivity contribution in [3.8, 4) is 0 Å². The van der Waals surface area contributed by atoms with Crippen molar-refractivity contribution in [2.75, 3.05) is 66.6 Å². The number of benzene rings is 2. The van der Waals surface area contributed by atoms with Crippen LogP contribution in [0.2, 0.25) is 0 Å². The Bertz CT molecular complexity index is 1080. The Kier molecular flexibility index (Phi) is 17.2. The summed E-state index contributed by atoms with van der Waals surface area (Å²) in [6, 6.07) is 20.0. The first-order valence-electron chi connectivity index (χ1n) is 19.3. The molecule has 6 heteroatoms. The number of carbonyl (C=O) groups excluding carboxylic acids is 2. The van der Waals surface area contributed by atoms with Gasteiger partial charge in [-0.1, -0.05) is 86.3 Å². The maximum absolute atomic E-state index is 13.8. The van der Waals surface area contributed by atoms with Crippen molar-refractivity contribution in [2.24, 2.45) is 11.8 Å². The molecule has 0 saturated heterocycles. The van der Waals surface area contributed by atoms with E-state index in [0.29, 0.717) is 13.2 Å². The number of hydrogen-bond donors (Lipinski definition) is 0. The number of esters is 2. The van der Waals surface area contributed by atoms with Crippen LogP contribution < -0.4 is 0 Å². The first kappa shape index (κ1) is 39.7. The normalized spacial score (nSPS) is 19.5. The molecule has 2 aromatic carbocycles. The van der Waals surface area contributed by atoms with Gasteiger partial charge in [-0.05, 0) is 77.3 Å². The van der Waals surface area contributed by atoms with Gasteiger partial charge in [-0.15, -0.1) is 0 Å². The van der Waals surface area contributed by atoms with Crippen LogP contribution in [0.25, 0.3) is 0 Å². The second kappa shape index (κ2) is 20.7. The summed E-state index contributed by atoms with van der Waals surface area (Å²) in [5.74, 6) is -1.73. The molecule has 0 atom stereocenters. The fraction of sp³-hybridized carbons (Fsp3) is 0.667. The summed E-state index contributed by atoms with van der Waals surface area (Å²) >= 11 is 0. The van der Waals surface area contributed by atoms with Crippen molar-refractivity contribution < 1.29 is 28.0 Å². The molecule has 1 aliphatic rings. The summed E-state index contributed by atoms with van der Waals surface area (Å²) in [6.45, 7) is 17.1. The summed E-state index contributed by atoms with van der Waals surface area (Å²) in [5.41, 5.74) is 2.01. The molecule has 0 unspecified atom stereocenters.